The molecule has 0 bridgehead atoms. The van der Waals surface area contributed by atoms with Crippen LogP contribution < -0.4 is 15.5 Å². The summed E-state index contributed by atoms with van der Waals surface area (Å²) < 4.78 is 21.7. The van der Waals surface area contributed by atoms with Crippen molar-refractivity contribution in [1.82, 2.24) is 34.4 Å². The number of halogens is 1. The number of imidazole rings is 1. The van der Waals surface area contributed by atoms with Gasteiger partial charge >= 0.3 is 6.09 Å². The molecular weight excluding hydrogens is 658 g/mol. The van der Waals surface area contributed by atoms with E-state index in [-0.39, 0.29) is 0 Å². The van der Waals surface area contributed by atoms with Crippen LogP contribution in [0.25, 0.3) is 16.7 Å². The number of fused-ring (bicyclic) bond motifs is 2. The molecule has 0 atom stereocenters. The lowest BCUT2D eigenvalue weighted by molar-refractivity contribution is 0.0528. The molecule has 1 aromatic carbocycles. The Morgan fingerprint density at radius 1 is 1.13 bits per heavy atom. The van der Waals surface area contributed by atoms with Crippen molar-refractivity contribution in [2.24, 2.45) is 0 Å². The maximum atomic E-state index is 12.2. The van der Waals surface area contributed by atoms with E-state index in [1.807, 2.05) is 32.9 Å². The van der Waals surface area contributed by atoms with E-state index >= 15 is 0 Å². The highest BCUT2D eigenvalue weighted by Crippen LogP contribution is 2.25. The van der Waals surface area contributed by atoms with Gasteiger partial charge in [0.05, 0.1) is 41.5 Å². The number of carbonyl (C=O) groups is 1. The number of morpholine rings is 1. The van der Waals surface area contributed by atoms with Gasteiger partial charge in [0.2, 0.25) is 11.9 Å². The third-order valence-corrected chi connectivity index (χ3v) is 9.50. The van der Waals surface area contributed by atoms with Gasteiger partial charge in [0.15, 0.2) is 5.65 Å². The number of nitrogens with one attached hydrogen (secondary N) is 2. The summed E-state index contributed by atoms with van der Waals surface area (Å²) in [7, 11) is -1.24. The zero-order valence-corrected chi connectivity index (χ0v) is 29.6. The van der Waals surface area contributed by atoms with Gasteiger partial charge in [-0.15, -0.1) is 0 Å². The zero-order chi connectivity index (χ0) is 32.2. The normalized spacial score (nSPS) is 14.3. The van der Waals surface area contributed by atoms with Crippen LogP contribution in [0.2, 0.25) is 25.7 Å². The number of carbonyl (C=O) groups excluding carboxylic acids is 1. The molecular formula is C30H44BrN9O4Si. The molecule has 1 aliphatic rings. The van der Waals surface area contributed by atoms with Crippen molar-refractivity contribution in [2.75, 3.05) is 49.7 Å². The molecule has 1 amide bonds. The number of alkyl carbamates (subject to hydrolysis) is 1. The number of ether oxygens (including phenoxy) is 3. The lowest BCUT2D eigenvalue weighted by Crippen LogP contribution is -2.37. The molecule has 0 saturated carbocycles. The van der Waals surface area contributed by atoms with Crippen molar-refractivity contribution in [3.05, 3.63) is 40.3 Å². The van der Waals surface area contributed by atoms with E-state index in [0.29, 0.717) is 63.6 Å². The van der Waals surface area contributed by atoms with E-state index in [1.165, 1.54) is 0 Å². The minimum atomic E-state index is -1.24. The molecule has 4 aromatic rings. The van der Waals surface area contributed by atoms with E-state index < -0.39 is 19.8 Å². The van der Waals surface area contributed by atoms with Crippen molar-refractivity contribution in [2.45, 2.75) is 71.8 Å². The number of aromatic nitrogens is 6. The van der Waals surface area contributed by atoms with Gasteiger partial charge in [-0.25, -0.2) is 9.78 Å². The van der Waals surface area contributed by atoms with Crippen LogP contribution in [0.1, 0.15) is 32.2 Å². The first-order valence-corrected chi connectivity index (χ1v) is 19.9. The van der Waals surface area contributed by atoms with E-state index in [9.17, 15) is 4.79 Å². The summed E-state index contributed by atoms with van der Waals surface area (Å²) in [5.41, 5.74) is 3.00. The van der Waals surface area contributed by atoms with Crippen LogP contribution in [-0.4, -0.2) is 88.4 Å². The van der Waals surface area contributed by atoms with E-state index in [4.69, 9.17) is 29.2 Å². The summed E-state index contributed by atoms with van der Waals surface area (Å²) in [6, 6.07) is 7.20. The lowest BCUT2D eigenvalue weighted by atomic mass is 10.1. The molecule has 1 saturated heterocycles. The average molecular weight is 703 g/mol. The molecule has 13 nitrogen and oxygen atoms in total. The van der Waals surface area contributed by atoms with Gasteiger partial charge in [-0.3, -0.25) is 0 Å². The van der Waals surface area contributed by atoms with Crippen molar-refractivity contribution >= 4 is 58.7 Å². The second-order valence-electron chi connectivity index (χ2n) is 13.3. The monoisotopic (exact) mass is 701 g/mol. The number of hydrogen-bond acceptors (Lipinski definition) is 10. The van der Waals surface area contributed by atoms with Crippen molar-refractivity contribution in [1.29, 1.82) is 0 Å². The molecule has 5 rings (SSSR count). The maximum absolute atomic E-state index is 12.2. The van der Waals surface area contributed by atoms with Gasteiger partial charge in [0.25, 0.3) is 0 Å². The average Bonchev–Trinajstić information content (AvgIpc) is 3.53. The fourth-order valence-corrected chi connectivity index (χ4v) is 6.00. The highest BCUT2D eigenvalue weighted by molar-refractivity contribution is 9.10. The van der Waals surface area contributed by atoms with Crippen LogP contribution in [0.4, 0.5) is 16.7 Å². The van der Waals surface area contributed by atoms with Crippen LogP contribution in [0.5, 0.6) is 0 Å². The molecule has 0 spiro atoms. The molecule has 15 heteroatoms. The SMILES string of the molecule is CC(C)(C)OC(=O)NCCc1cccc2c1nc(CNc1nc(N3CCOCC3)nc3c(Br)cnn13)n2COCC[Si](C)(C)C. The Hall–Kier alpha value is -3.27. The predicted molar refractivity (Wildman–Crippen MR) is 181 cm³/mol. The standard InChI is InChI=1S/C30H44BrN9O4Si/c1-30(2,3)44-29(41)32-11-10-21-8-7-9-23-25(21)35-24(39(23)20-43-16-17-45(4,5)6)19-33-27-37-28(38-12-14-42-15-13-38)36-26-22(31)18-34-40(26)27/h7-9,18H,10-17,19-20H2,1-6H3,(H,32,41)(H,33,36,37). The topological polar surface area (TPSA) is 133 Å². The molecule has 1 fully saturated rings. The Morgan fingerprint density at radius 3 is 2.64 bits per heavy atom. The number of rotatable bonds is 12. The van der Waals surface area contributed by atoms with Crippen molar-refractivity contribution < 1.29 is 19.0 Å². The van der Waals surface area contributed by atoms with E-state index in [0.717, 1.165) is 46.0 Å². The second-order valence-corrected chi connectivity index (χ2v) is 19.8. The minimum Gasteiger partial charge on any atom is -0.444 e. The summed E-state index contributed by atoms with van der Waals surface area (Å²) in [6.07, 6.45) is 1.89. The maximum Gasteiger partial charge on any atom is 0.407 e. The van der Waals surface area contributed by atoms with Gasteiger partial charge in [-0.05, 0) is 60.8 Å². The first-order valence-electron chi connectivity index (χ1n) is 15.4. The van der Waals surface area contributed by atoms with Gasteiger partial charge in [0, 0.05) is 34.3 Å². The van der Waals surface area contributed by atoms with Crippen LogP contribution in [0, 0.1) is 0 Å². The Morgan fingerprint density at radius 2 is 1.91 bits per heavy atom. The van der Waals surface area contributed by atoms with Crippen molar-refractivity contribution in [3.63, 3.8) is 0 Å². The highest BCUT2D eigenvalue weighted by Gasteiger charge is 2.21. The number of benzene rings is 1. The third-order valence-electron chi connectivity index (χ3n) is 7.23. The lowest BCUT2D eigenvalue weighted by Gasteiger charge is -2.27. The Balaban J connectivity index is 1.40. The molecule has 3 aromatic heterocycles. The van der Waals surface area contributed by atoms with Crippen molar-refractivity contribution in [3.8, 4) is 0 Å². The molecule has 0 radical (unpaired) electrons. The van der Waals surface area contributed by atoms with Crippen LogP contribution in [0.3, 0.4) is 0 Å². The third kappa shape index (κ3) is 8.71. The van der Waals surface area contributed by atoms with Crippen LogP contribution >= 0.6 is 15.9 Å². The Bertz CT molecular complexity index is 1620. The molecule has 244 valence electrons. The molecule has 0 unspecified atom stereocenters. The summed E-state index contributed by atoms with van der Waals surface area (Å²) in [5, 5.41) is 10.8. The second kappa shape index (κ2) is 14.0. The van der Waals surface area contributed by atoms with E-state index in [1.54, 1.807) is 10.7 Å². The molecule has 0 aliphatic carbocycles. The van der Waals surface area contributed by atoms with Gasteiger partial charge in [-0.1, -0.05) is 31.8 Å². The number of hydrogen-bond donors (Lipinski definition) is 2. The smallest absolute Gasteiger partial charge is 0.407 e. The first-order chi connectivity index (χ1) is 21.4. The Labute approximate surface area is 273 Å². The summed E-state index contributed by atoms with van der Waals surface area (Å²) >= 11 is 3.58. The fourth-order valence-electron chi connectivity index (χ4n) is 4.90. The zero-order valence-electron chi connectivity index (χ0n) is 27.0. The first kappa shape index (κ1) is 33.1. The summed E-state index contributed by atoms with van der Waals surface area (Å²) in [5.74, 6) is 1.99. The summed E-state index contributed by atoms with van der Waals surface area (Å²) in [4.78, 5) is 29.0. The summed E-state index contributed by atoms with van der Waals surface area (Å²) in [6.45, 7) is 17.2. The Kier molecular flexibility index (Phi) is 10.3. The molecule has 45 heavy (non-hydrogen) atoms. The minimum absolute atomic E-state index is 0.378. The van der Waals surface area contributed by atoms with Crippen LogP contribution in [0.15, 0.2) is 28.9 Å². The fraction of sp³-hybridized carbons (Fsp3) is 0.567. The molecule has 4 heterocycles. The van der Waals surface area contributed by atoms with Gasteiger partial charge < -0.3 is 34.3 Å². The quantitative estimate of drug-likeness (QED) is 0.152. The largest absolute Gasteiger partial charge is 0.444 e. The predicted octanol–water partition coefficient (Wildman–Crippen LogP) is 5.06. The van der Waals surface area contributed by atoms with E-state index in [2.05, 4.69) is 66.8 Å². The van der Waals surface area contributed by atoms with Crippen LogP contribution in [-0.2, 0) is 33.9 Å². The highest BCUT2D eigenvalue weighted by atomic mass is 79.9. The number of amides is 1. The van der Waals surface area contributed by atoms with Gasteiger partial charge in [0.1, 0.15) is 18.2 Å². The number of nitrogens with zero attached hydrogens (tertiary/aromatic N) is 7. The number of para-hydroxylation sites is 1. The number of anilines is 2. The van der Waals surface area contributed by atoms with Gasteiger partial charge in [-0.2, -0.15) is 19.6 Å². The molecule has 1 aliphatic heterocycles. The molecule has 2 N–H and O–H groups in total.